The minimum absolute atomic E-state index is 0.00772. The molecule has 36 heavy (non-hydrogen) atoms. The van der Waals surface area contributed by atoms with Crippen LogP contribution in [-0.2, 0) is 10.9 Å². The average Bonchev–Trinajstić information content (AvgIpc) is 2.85. The molecule has 2 aliphatic rings. The lowest BCUT2D eigenvalue weighted by Crippen LogP contribution is -2.47. The van der Waals surface area contributed by atoms with Crippen LogP contribution >= 0.6 is 11.6 Å². The summed E-state index contributed by atoms with van der Waals surface area (Å²) in [5.41, 5.74) is -0.737. The quantitative estimate of drug-likeness (QED) is 0.345. The van der Waals surface area contributed by atoms with Gasteiger partial charge in [0.25, 0.3) is 5.69 Å². The second kappa shape index (κ2) is 11.7. The zero-order chi connectivity index (χ0) is 25.7. The van der Waals surface area contributed by atoms with Crippen LogP contribution in [0.15, 0.2) is 42.5 Å². The summed E-state index contributed by atoms with van der Waals surface area (Å²) in [6.07, 6.45) is -1.47. The number of anilines is 2. The second-order valence-corrected chi connectivity index (χ2v) is 9.72. The number of nitrogens with zero attached hydrogens (tertiary/aromatic N) is 3. The van der Waals surface area contributed by atoms with Crippen LogP contribution in [0.4, 0.5) is 30.2 Å². The molecule has 1 saturated carbocycles. The minimum Gasteiger partial charge on any atom is -0.382 e. The first-order valence-corrected chi connectivity index (χ1v) is 12.5. The first kappa shape index (κ1) is 26.5. The van der Waals surface area contributed by atoms with Crippen LogP contribution < -0.4 is 10.2 Å². The number of rotatable bonds is 8. The molecular formula is C25H30ClF3N4O3. The van der Waals surface area contributed by atoms with Gasteiger partial charge in [-0.15, -0.1) is 0 Å². The molecule has 2 aromatic carbocycles. The number of alkyl halides is 3. The van der Waals surface area contributed by atoms with E-state index in [4.69, 9.17) is 16.3 Å². The van der Waals surface area contributed by atoms with Gasteiger partial charge in [-0.05, 0) is 62.1 Å². The number of piperazine rings is 1. The number of ether oxygens (including phenoxy) is 1. The molecular weight excluding hydrogens is 497 g/mol. The SMILES string of the molecule is O=[N+]([O-])c1ccc(N[C@H]2CC[C@H](OCCN3CCN(c4ccc(Cl)cc4)CC3)CC2)cc1C(F)(F)F. The van der Waals surface area contributed by atoms with Gasteiger partial charge in [0.15, 0.2) is 0 Å². The van der Waals surface area contributed by atoms with Crippen molar-refractivity contribution in [2.24, 2.45) is 0 Å². The van der Waals surface area contributed by atoms with Gasteiger partial charge in [0.1, 0.15) is 5.56 Å². The zero-order valence-electron chi connectivity index (χ0n) is 19.8. The number of hydrogen-bond donors (Lipinski definition) is 1. The third kappa shape index (κ3) is 7.02. The van der Waals surface area contributed by atoms with Crippen molar-refractivity contribution >= 4 is 28.7 Å². The highest BCUT2D eigenvalue weighted by molar-refractivity contribution is 6.30. The minimum atomic E-state index is -4.78. The summed E-state index contributed by atoms with van der Waals surface area (Å²) in [5.74, 6) is 0. The van der Waals surface area contributed by atoms with Gasteiger partial charge in [-0.3, -0.25) is 15.0 Å². The molecule has 0 unspecified atom stereocenters. The molecule has 196 valence electrons. The van der Waals surface area contributed by atoms with E-state index in [-0.39, 0.29) is 17.8 Å². The predicted octanol–water partition coefficient (Wildman–Crippen LogP) is 5.83. The maximum Gasteiger partial charge on any atom is 0.423 e. The summed E-state index contributed by atoms with van der Waals surface area (Å²) in [4.78, 5) is 14.7. The van der Waals surface area contributed by atoms with Crippen LogP contribution in [0.25, 0.3) is 0 Å². The summed E-state index contributed by atoms with van der Waals surface area (Å²) in [7, 11) is 0. The largest absolute Gasteiger partial charge is 0.423 e. The number of benzene rings is 2. The van der Waals surface area contributed by atoms with E-state index in [1.54, 1.807) is 0 Å². The molecule has 11 heteroatoms. The van der Waals surface area contributed by atoms with Gasteiger partial charge in [-0.25, -0.2) is 0 Å². The molecule has 0 aromatic heterocycles. The van der Waals surface area contributed by atoms with Crippen molar-refractivity contribution in [1.82, 2.24) is 4.90 Å². The van der Waals surface area contributed by atoms with Crippen molar-refractivity contribution < 1.29 is 22.8 Å². The topological polar surface area (TPSA) is 70.9 Å². The Labute approximate surface area is 213 Å². The Morgan fingerprint density at radius 1 is 1.03 bits per heavy atom. The lowest BCUT2D eigenvalue weighted by molar-refractivity contribution is -0.388. The number of halogens is 4. The van der Waals surface area contributed by atoms with E-state index in [0.717, 1.165) is 75.6 Å². The van der Waals surface area contributed by atoms with Crippen molar-refractivity contribution in [2.45, 2.75) is 44.0 Å². The average molecular weight is 527 g/mol. The van der Waals surface area contributed by atoms with E-state index in [0.29, 0.717) is 6.61 Å². The van der Waals surface area contributed by atoms with E-state index in [1.807, 2.05) is 24.3 Å². The normalized spacial score (nSPS) is 21.4. The summed E-state index contributed by atoms with van der Waals surface area (Å²) in [6.45, 7) is 5.38. The van der Waals surface area contributed by atoms with Crippen LogP contribution in [0, 0.1) is 10.1 Å². The van der Waals surface area contributed by atoms with E-state index in [2.05, 4.69) is 15.1 Å². The van der Waals surface area contributed by atoms with Crippen molar-refractivity contribution in [3.63, 3.8) is 0 Å². The molecule has 0 spiro atoms. The Morgan fingerprint density at radius 3 is 2.31 bits per heavy atom. The Bertz CT molecular complexity index is 1020. The molecule has 1 N–H and O–H groups in total. The molecule has 1 saturated heterocycles. The number of nitrogens with one attached hydrogen (secondary N) is 1. The highest BCUT2D eigenvalue weighted by Crippen LogP contribution is 2.38. The molecule has 0 amide bonds. The molecule has 0 bridgehead atoms. The summed E-state index contributed by atoms with van der Waals surface area (Å²) >= 11 is 5.97. The Kier molecular flexibility index (Phi) is 8.58. The van der Waals surface area contributed by atoms with Crippen molar-refractivity contribution in [3.8, 4) is 0 Å². The first-order chi connectivity index (χ1) is 17.2. The zero-order valence-corrected chi connectivity index (χ0v) is 20.6. The third-order valence-electron chi connectivity index (χ3n) is 6.87. The van der Waals surface area contributed by atoms with Crippen LogP contribution in [-0.4, -0.2) is 61.3 Å². The molecule has 7 nitrogen and oxygen atoms in total. The van der Waals surface area contributed by atoms with Gasteiger partial charge in [0.05, 0.1) is 17.6 Å². The van der Waals surface area contributed by atoms with E-state index < -0.39 is 22.4 Å². The highest BCUT2D eigenvalue weighted by atomic mass is 35.5. The van der Waals surface area contributed by atoms with Crippen molar-refractivity contribution in [1.29, 1.82) is 0 Å². The number of nitro benzene ring substituents is 1. The molecule has 0 radical (unpaired) electrons. The fourth-order valence-electron chi connectivity index (χ4n) is 4.85. The summed E-state index contributed by atoms with van der Waals surface area (Å²) in [6, 6.07) is 11.0. The maximum absolute atomic E-state index is 13.2. The predicted molar refractivity (Wildman–Crippen MR) is 134 cm³/mol. The molecule has 1 heterocycles. The van der Waals surface area contributed by atoms with Crippen molar-refractivity contribution in [2.75, 3.05) is 49.5 Å². The third-order valence-corrected chi connectivity index (χ3v) is 7.12. The van der Waals surface area contributed by atoms with Gasteiger partial charge in [-0.2, -0.15) is 13.2 Å². The lowest BCUT2D eigenvalue weighted by atomic mass is 9.92. The summed E-state index contributed by atoms with van der Waals surface area (Å²) < 4.78 is 45.8. The van der Waals surface area contributed by atoms with Gasteiger partial charge < -0.3 is 15.0 Å². The van der Waals surface area contributed by atoms with Gasteiger partial charge in [-0.1, -0.05) is 11.6 Å². The van der Waals surface area contributed by atoms with Crippen molar-refractivity contribution in [3.05, 3.63) is 63.2 Å². The fraction of sp³-hybridized carbons (Fsp3) is 0.520. The Balaban J connectivity index is 1.16. The van der Waals surface area contributed by atoms with Gasteiger partial charge in [0, 0.05) is 61.2 Å². The molecule has 0 atom stereocenters. The van der Waals surface area contributed by atoms with Crippen LogP contribution in [0.2, 0.25) is 5.02 Å². The molecule has 1 aliphatic carbocycles. The number of hydrogen-bond acceptors (Lipinski definition) is 6. The first-order valence-electron chi connectivity index (χ1n) is 12.2. The van der Waals surface area contributed by atoms with Gasteiger partial charge >= 0.3 is 6.18 Å². The summed E-state index contributed by atoms with van der Waals surface area (Å²) in [5, 5.41) is 14.8. The smallest absolute Gasteiger partial charge is 0.382 e. The Hall–Kier alpha value is -2.56. The maximum atomic E-state index is 13.2. The second-order valence-electron chi connectivity index (χ2n) is 9.28. The lowest BCUT2D eigenvalue weighted by Gasteiger charge is -2.36. The van der Waals surface area contributed by atoms with Crippen LogP contribution in [0.3, 0.4) is 0 Å². The Morgan fingerprint density at radius 2 is 1.69 bits per heavy atom. The van der Waals surface area contributed by atoms with E-state index >= 15 is 0 Å². The fourth-order valence-corrected chi connectivity index (χ4v) is 4.98. The molecule has 4 rings (SSSR count). The van der Waals surface area contributed by atoms with E-state index in [1.165, 1.54) is 11.8 Å². The van der Waals surface area contributed by atoms with Gasteiger partial charge in [0.2, 0.25) is 0 Å². The molecule has 2 fully saturated rings. The monoisotopic (exact) mass is 526 g/mol. The van der Waals surface area contributed by atoms with Crippen LogP contribution in [0.1, 0.15) is 31.2 Å². The standard InChI is InChI=1S/C25H30ClF3N4O3/c26-18-1-6-21(7-2-18)32-13-11-31(12-14-32)15-16-36-22-8-3-19(4-9-22)30-20-5-10-24(33(34)35)23(17-20)25(27,28)29/h1-2,5-7,10,17,19,22,30H,3-4,8-9,11-16H2/t19-,22-. The molecule has 2 aromatic rings. The van der Waals surface area contributed by atoms with E-state index in [9.17, 15) is 23.3 Å². The van der Waals surface area contributed by atoms with Crippen LogP contribution in [0.5, 0.6) is 0 Å². The number of nitro groups is 1. The molecule has 1 aliphatic heterocycles. The highest BCUT2D eigenvalue weighted by Gasteiger charge is 2.38.